The van der Waals surface area contributed by atoms with Gasteiger partial charge in [-0.3, -0.25) is 9.59 Å². The van der Waals surface area contributed by atoms with E-state index >= 15 is 0 Å². The number of hydrogen-bond donors (Lipinski definition) is 1. The summed E-state index contributed by atoms with van der Waals surface area (Å²) < 4.78 is 11.2. The van der Waals surface area contributed by atoms with Gasteiger partial charge >= 0.3 is 0 Å². The van der Waals surface area contributed by atoms with E-state index in [0.29, 0.717) is 30.2 Å². The molecule has 7 nitrogen and oxygen atoms in total. The molecule has 2 aliphatic heterocycles. The fourth-order valence-electron chi connectivity index (χ4n) is 4.70. The zero-order chi connectivity index (χ0) is 24.5. The number of aliphatic hydroxyl groups excluding tert-OH is 1. The number of amides is 1. The van der Waals surface area contributed by atoms with Crippen LogP contribution in [0.15, 0.2) is 78.4 Å². The van der Waals surface area contributed by atoms with Crippen LogP contribution in [0.2, 0.25) is 0 Å². The van der Waals surface area contributed by atoms with Crippen LogP contribution in [-0.4, -0.2) is 49.0 Å². The van der Waals surface area contributed by atoms with Crippen molar-refractivity contribution in [3.63, 3.8) is 0 Å². The summed E-state index contributed by atoms with van der Waals surface area (Å²) in [6.45, 7) is 1.45. The highest BCUT2D eigenvalue weighted by Crippen LogP contribution is 2.42. The lowest BCUT2D eigenvalue weighted by Gasteiger charge is -2.28. The second kappa shape index (κ2) is 9.18. The second-order valence-corrected chi connectivity index (χ2v) is 8.60. The summed E-state index contributed by atoms with van der Waals surface area (Å²) in [5, 5.41) is 11.4. The molecule has 1 atom stereocenters. The molecule has 1 amide bonds. The summed E-state index contributed by atoms with van der Waals surface area (Å²) in [6, 6.07) is 21.2. The molecule has 1 unspecified atom stereocenters. The first-order valence-electron chi connectivity index (χ1n) is 11.4. The van der Waals surface area contributed by atoms with Gasteiger partial charge in [0.1, 0.15) is 23.9 Å². The maximum Gasteiger partial charge on any atom is 0.295 e. The largest absolute Gasteiger partial charge is 0.507 e. The Bertz CT molecular complexity index is 1320. The summed E-state index contributed by atoms with van der Waals surface area (Å²) in [6.07, 6.45) is 0. The minimum absolute atomic E-state index is 0.0652. The average Bonchev–Trinajstić information content (AvgIpc) is 3.14. The number of para-hydroxylation sites is 1. The van der Waals surface area contributed by atoms with Crippen LogP contribution in [0.3, 0.4) is 0 Å². The Balaban J connectivity index is 1.63. The van der Waals surface area contributed by atoms with Crippen molar-refractivity contribution < 1.29 is 24.2 Å². The van der Waals surface area contributed by atoms with Gasteiger partial charge in [0.2, 0.25) is 0 Å². The number of aliphatic hydroxyl groups is 1. The van der Waals surface area contributed by atoms with Crippen molar-refractivity contribution in [3.05, 3.63) is 95.1 Å². The highest BCUT2D eigenvalue weighted by Gasteiger charge is 2.46. The lowest BCUT2D eigenvalue weighted by molar-refractivity contribution is -0.140. The van der Waals surface area contributed by atoms with Gasteiger partial charge in [0.25, 0.3) is 11.7 Å². The van der Waals surface area contributed by atoms with E-state index in [0.717, 1.165) is 16.8 Å². The van der Waals surface area contributed by atoms with Crippen molar-refractivity contribution in [2.45, 2.75) is 12.6 Å². The molecule has 3 aromatic carbocycles. The molecule has 0 saturated carbocycles. The minimum Gasteiger partial charge on any atom is -0.507 e. The quantitative estimate of drug-likeness (QED) is 0.343. The van der Waals surface area contributed by atoms with Gasteiger partial charge in [0, 0.05) is 18.2 Å². The molecule has 0 aliphatic carbocycles. The van der Waals surface area contributed by atoms with Crippen molar-refractivity contribution in [1.29, 1.82) is 0 Å². The number of carbonyl (C=O) groups is 2. The van der Waals surface area contributed by atoms with E-state index in [9.17, 15) is 14.7 Å². The van der Waals surface area contributed by atoms with Crippen molar-refractivity contribution in [1.82, 2.24) is 4.90 Å². The zero-order valence-corrected chi connectivity index (χ0v) is 19.6. The number of carbonyl (C=O) groups excluding carboxylic acids is 2. The fourth-order valence-corrected chi connectivity index (χ4v) is 4.70. The monoisotopic (exact) mass is 470 g/mol. The van der Waals surface area contributed by atoms with Gasteiger partial charge < -0.3 is 24.4 Å². The number of benzene rings is 3. The van der Waals surface area contributed by atoms with E-state index < -0.39 is 17.7 Å². The Morgan fingerprint density at radius 3 is 2.57 bits per heavy atom. The van der Waals surface area contributed by atoms with Crippen LogP contribution in [-0.2, 0) is 16.1 Å². The molecule has 0 radical (unpaired) electrons. The van der Waals surface area contributed by atoms with Crippen molar-refractivity contribution in [2.24, 2.45) is 0 Å². The molecule has 7 heteroatoms. The molecule has 1 N–H and O–H groups in total. The molecule has 0 bridgehead atoms. The standard InChI is InChI=1S/C28H26N2O5/c1-29-14-15-35-23-13-12-19(16-21(23)29)26(31)24-25(18-8-4-3-5-9-18)30(28(33)27(24)32)17-20-10-6-7-11-22(20)34-2/h3-13,16,25,31H,14-15,17H2,1-2H3/b26-24-. The predicted octanol–water partition coefficient (Wildman–Crippen LogP) is 4.15. The summed E-state index contributed by atoms with van der Waals surface area (Å²) in [5.74, 6) is -0.245. The van der Waals surface area contributed by atoms with E-state index in [4.69, 9.17) is 9.47 Å². The highest BCUT2D eigenvalue weighted by atomic mass is 16.5. The average molecular weight is 471 g/mol. The molecule has 1 saturated heterocycles. The Morgan fingerprint density at radius 1 is 1.06 bits per heavy atom. The topological polar surface area (TPSA) is 79.3 Å². The van der Waals surface area contributed by atoms with Gasteiger partial charge in [-0.1, -0.05) is 48.5 Å². The van der Waals surface area contributed by atoms with Crippen LogP contribution in [0.1, 0.15) is 22.7 Å². The Morgan fingerprint density at radius 2 is 1.80 bits per heavy atom. The van der Waals surface area contributed by atoms with Gasteiger partial charge in [0.15, 0.2) is 0 Å². The molecule has 2 aliphatic rings. The summed E-state index contributed by atoms with van der Waals surface area (Å²) in [7, 11) is 3.51. The molecule has 0 aromatic heterocycles. The number of Topliss-reactive ketones (excluding diaryl/α,β-unsaturated/α-hetero) is 1. The summed E-state index contributed by atoms with van der Waals surface area (Å²) in [5.41, 5.74) is 2.85. The van der Waals surface area contributed by atoms with Crippen LogP contribution in [0.5, 0.6) is 11.5 Å². The maximum absolute atomic E-state index is 13.3. The Hall–Kier alpha value is -4.26. The van der Waals surface area contributed by atoms with Gasteiger partial charge in [-0.05, 0) is 29.8 Å². The maximum atomic E-state index is 13.3. The van der Waals surface area contributed by atoms with Gasteiger partial charge in [-0.15, -0.1) is 0 Å². The van der Waals surface area contributed by atoms with E-state index in [-0.39, 0.29) is 17.9 Å². The zero-order valence-electron chi connectivity index (χ0n) is 19.6. The van der Waals surface area contributed by atoms with Crippen LogP contribution < -0.4 is 14.4 Å². The lowest BCUT2D eigenvalue weighted by Crippen LogP contribution is -2.29. The first kappa shape index (κ1) is 22.5. The van der Waals surface area contributed by atoms with Gasteiger partial charge in [0.05, 0.1) is 37.5 Å². The number of anilines is 1. The number of hydrogen-bond acceptors (Lipinski definition) is 6. The molecule has 3 aromatic rings. The SMILES string of the molecule is COc1ccccc1CN1C(=O)C(=O)/C(=C(\O)c2ccc3c(c2)N(C)CCO3)C1c1ccccc1. The smallest absolute Gasteiger partial charge is 0.295 e. The van der Waals surface area contributed by atoms with Crippen LogP contribution in [0, 0.1) is 0 Å². The highest BCUT2D eigenvalue weighted by molar-refractivity contribution is 6.46. The third kappa shape index (κ3) is 3.99. The second-order valence-electron chi connectivity index (χ2n) is 8.60. The van der Waals surface area contributed by atoms with Crippen molar-refractivity contribution in [2.75, 3.05) is 32.2 Å². The van der Waals surface area contributed by atoms with Crippen LogP contribution in [0.25, 0.3) is 5.76 Å². The van der Waals surface area contributed by atoms with E-state index in [2.05, 4.69) is 0 Å². The predicted molar refractivity (Wildman–Crippen MR) is 132 cm³/mol. The van der Waals surface area contributed by atoms with E-state index in [1.807, 2.05) is 66.5 Å². The van der Waals surface area contributed by atoms with E-state index in [1.165, 1.54) is 4.90 Å². The molecular weight excluding hydrogens is 444 g/mol. The number of ketones is 1. The summed E-state index contributed by atoms with van der Waals surface area (Å²) >= 11 is 0. The normalized spacial score (nSPS) is 18.9. The number of likely N-dealkylation sites (N-methyl/N-ethyl adjacent to an activating group) is 1. The Labute approximate surface area is 203 Å². The number of rotatable bonds is 5. The first-order chi connectivity index (χ1) is 17.0. The van der Waals surface area contributed by atoms with Gasteiger partial charge in [-0.25, -0.2) is 0 Å². The van der Waals surface area contributed by atoms with Gasteiger partial charge in [-0.2, -0.15) is 0 Å². The Kier molecular flexibility index (Phi) is 5.91. The minimum atomic E-state index is -0.744. The number of methoxy groups -OCH3 is 1. The molecule has 0 spiro atoms. The van der Waals surface area contributed by atoms with Crippen molar-refractivity contribution in [3.8, 4) is 11.5 Å². The van der Waals surface area contributed by atoms with Crippen LogP contribution in [0.4, 0.5) is 5.69 Å². The van der Waals surface area contributed by atoms with Crippen molar-refractivity contribution >= 4 is 23.1 Å². The number of fused-ring (bicyclic) bond motifs is 1. The number of likely N-dealkylation sites (tertiary alicyclic amines) is 1. The lowest BCUT2D eigenvalue weighted by atomic mass is 9.95. The molecule has 35 heavy (non-hydrogen) atoms. The molecule has 5 rings (SSSR count). The first-order valence-corrected chi connectivity index (χ1v) is 11.4. The van der Waals surface area contributed by atoms with E-state index in [1.54, 1.807) is 25.3 Å². The molecule has 2 heterocycles. The molecule has 1 fully saturated rings. The fraction of sp³-hybridized carbons (Fsp3) is 0.214. The number of nitrogens with zero attached hydrogens (tertiary/aromatic N) is 2. The summed E-state index contributed by atoms with van der Waals surface area (Å²) in [4.78, 5) is 30.1. The third-order valence-electron chi connectivity index (χ3n) is 6.52. The molecule has 178 valence electrons. The molecular formula is C28H26N2O5. The number of ether oxygens (including phenoxy) is 2. The van der Waals surface area contributed by atoms with Crippen LogP contribution >= 0.6 is 0 Å². The third-order valence-corrected chi connectivity index (χ3v) is 6.52.